The van der Waals surface area contributed by atoms with E-state index in [9.17, 15) is 9.59 Å². The van der Waals surface area contributed by atoms with E-state index in [1.807, 2.05) is 136 Å². The molecule has 514 valence electrons. The van der Waals surface area contributed by atoms with Crippen molar-refractivity contribution >= 4 is 11.9 Å². The summed E-state index contributed by atoms with van der Waals surface area (Å²) in [6.45, 7) is 21.7. The average molecular weight is 1330 g/mol. The van der Waals surface area contributed by atoms with Crippen LogP contribution in [0.5, 0.6) is 23.0 Å². The molecule has 0 radical (unpaired) electrons. The highest BCUT2D eigenvalue weighted by molar-refractivity contribution is 5.92. The lowest BCUT2D eigenvalue weighted by atomic mass is 9.80. The Kier molecular flexibility index (Phi) is 25.5. The van der Waals surface area contributed by atoms with Gasteiger partial charge in [0.15, 0.2) is 6.04 Å². The van der Waals surface area contributed by atoms with Crippen molar-refractivity contribution in [2.75, 3.05) is 26.4 Å². The van der Waals surface area contributed by atoms with Gasteiger partial charge in [-0.1, -0.05) is 182 Å². The van der Waals surface area contributed by atoms with Crippen LogP contribution >= 0.6 is 0 Å². The molecular weight excluding hydrogens is 1230 g/mol. The first-order chi connectivity index (χ1) is 47.9. The zero-order chi connectivity index (χ0) is 69.6. The standard InChI is InChI=1S/C53H61N3O6.C33H36N2O2/c1-36(2)62-51(58)49(27-38-18-12-10-13-19-38)56-34-48(54-55-56)47-23-22-39(26-37(47)3)35-61-50(57)42-28-41(40-20-14-11-15-21-40)29-45(30-42)59-24-16-17-25-60-46-32-43(52(4,5)6)31-44(33-46)53(7,8)9;1-2-4-6-25-37-30-22-18-27(19-23-30)31-13-9-15-33(35-31)32-14-8-12-28(34-32)11-7-10-26-16-20-29(21-17-26)36-24-5-3-1/h10-15,18-23,26,28-34,36,49H,16-17,24-25,27,35H2,1-9H3;8-9,12-23H,1-7,10-11,24-25H2/t49-;/m0./s1. The fourth-order valence-corrected chi connectivity index (χ4v) is 11.8. The van der Waals surface area contributed by atoms with Crippen LogP contribution in [0.2, 0.25) is 0 Å². The molecule has 3 aromatic heterocycles. The summed E-state index contributed by atoms with van der Waals surface area (Å²) in [5, 5.41) is 8.78. The molecule has 99 heavy (non-hydrogen) atoms. The van der Waals surface area contributed by atoms with Gasteiger partial charge in [0.25, 0.3) is 0 Å². The maximum absolute atomic E-state index is 13.6. The van der Waals surface area contributed by atoms with E-state index in [4.69, 9.17) is 38.4 Å². The molecule has 0 saturated heterocycles. The summed E-state index contributed by atoms with van der Waals surface area (Å²) in [7, 11) is 0. The minimum Gasteiger partial charge on any atom is -0.494 e. The molecule has 0 unspecified atom stereocenters. The number of hydrogen-bond acceptors (Lipinski definition) is 12. The van der Waals surface area contributed by atoms with Crippen LogP contribution in [-0.2, 0) is 51.0 Å². The number of ether oxygens (including phenoxy) is 6. The number of aryl methyl sites for hydroxylation is 3. The summed E-state index contributed by atoms with van der Waals surface area (Å²) in [6.07, 6.45) is 13.7. The molecule has 0 amide bonds. The molecule has 0 saturated carbocycles. The van der Waals surface area contributed by atoms with Crippen LogP contribution in [0.15, 0.2) is 206 Å². The van der Waals surface area contributed by atoms with Crippen molar-refractivity contribution in [1.82, 2.24) is 25.0 Å². The number of pyridine rings is 2. The van der Waals surface area contributed by atoms with Crippen LogP contribution in [0, 0.1) is 6.92 Å². The zero-order valence-corrected chi connectivity index (χ0v) is 59.3. The topological polar surface area (TPSA) is 146 Å². The van der Waals surface area contributed by atoms with Crippen LogP contribution < -0.4 is 18.9 Å². The molecule has 0 fully saturated rings. The van der Waals surface area contributed by atoms with E-state index in [2.05, 4.69) is 131 Å². The van der Waals surface area contributed by atoms with E-state index in [-0.39, 0.29) is 29.5 Å². The number of rotatable bonds is 17. The lowest BCUT2D eigenvalue weighted by molar-refractivity contribution is -0.151. The molecule has 13 nitrogen and oxygen atoms in total. The molecule has 4 aliphatic heterocycles. The van der Waals surface area contributed by atoms with Crippen molar-refractivity contribution in [3.8, 4) is 68.0 Å². The summed E-state index contributed by atoms with van der Waals surface area (Å²) in [6, 6.07) is 66.3. The third-order valence-electron chi connectivity index (χ3n) is 17.5. The maximum atomic E-state index is 13.6. The Morgan fingerprint density at radius 2 is 1.12 bits per heavy atom. The van der Waals surface area contributed by atoms with Gasteiger partial charge in [0, 0.05) is 23.2 Å². The molecule has 14 rings (SSSR count). The monoisotopic (exact) mass is 1330 g/mol. The van der Waals surface area contributed by atoms with Gasteiger partial charge in [-0.25, -0.2) is 19.3 Å². The van der Waals surface area contributed by atoms with Gasteiger partial charge in [0.1, 0.15) is 35.3 Å². The molecular formula is C86H97N5O8. The fraction of sp³-hybridized carbons (Fsp3) is 0.349. The van der Waals surface area contributed by atoms with E-state index in [1.54, 1.807) is 16.9 Å². The highest BCUT2D eigenvalue weighted by Crippen LogP contribution is 2.35. The Morgan fingerprint density at radius 1 is 0.525 bits per heavy atom. The first-order valence-corrected chi connectivity index (χ1v) is 35.3. The van der Waals surface area contributed by atoms with Gasteiger partial charge in [-0.05, 0) is 212 Å². The summed E-state index contributed by atoms with van der Waals surface area (Å²) < 4.78 is 37.5. The summed E-state index contributed by atoms with van der Waals surface area (Å²) in [5.41, 5.74) is 15.3. The van der Waals surface area contributed by atoms with Gasteiger partial charge >= 0.3 is 11.9 Å². The van der Waals surface area contributed by atoms with Crippen LogP contribution in [0.4, 0.5) is 0 Å². The van der Waals surface area contributed by atoms with E-state index in [1.165, 1.54) is 42.4 Å². The van der Waals surface area contributed by atoms with Crippen molar-refractivity contribution in [1.29, 1.82) is 0 Å². The number of unbranched alkanes of at least 4 members (excludes halogenated alkanes) is 1. The Bertz CT molecular complexity index is 4160. The van der Waals surface area contributed by atoms with Crippen LogP contribution in [-0.4, -0.2) is 69.4 Å². The smallest absolute Gasteiger partial charge is 0.338 e. The van der Waals surface area contributed by atoms with Crippen LogP contribution in [0.3, 0.4) is 0 Å². The number of carbonyl (C=O) groups is 2. The second kappa shape index (κ2) is 35.1. The number of esters is 2. The third kappa shape index (κ3) is 21.8. The normalized spacial score (nSPS) is 13.4. The Balaban J connectivity index is 0.000000243. The number of benzene rings is 7. The van der Waals surface area contributed by atoms with E-state index in [0.29, 0.717) is 36.6 Å². The van der Waals surface area contributed by atoms with E-state index in [0.717, 1.165) is 137 Å². The Morgan fingerprint density at radius 3 is 1.76 bits per heavy atom. The lowest BCUT2D eigenvalue weighted by Crippen LogP contribution is -2.26. The lowest BCUT2D eigenvalue weighted by Gasteiger charge is -2.26. The van der Waals surface area contributed by atoms with Crippen molar-refractivity contribution in [3.63, 3.8) is 0 Å². The van der Waals surface area contributed by atoms with Crippen LogP contribution in [0.25, 0.3) is 45.0 Å². The number of nitrogens with zero attached hydrogens (tertiary/aromatic N) is 5. The number of hydrogen-bond donors (Lipinski definition) is 0. The minimum atomic E-state index is -0.671. The average Bonchev–Trinajstić information content (AvgIpc) is 1.78. The van der Waals surface area contributed by atoms with Gasteiger partial charge < -0.3 is 28.4 Å². The molecule has 7 heterocycles. The predicted octanol–water partition coefficient (Wildman–Crippen LogP) is 19.9. The van der Waals surface area contributed by atoms with Crippen molar-refractivity contribution in [2.24, 2.45) is 0 Å². The van der Waals surface area contributed by atoms with E-state index >= 15 is 0 Å². The highest BCUT2D eigenvalue weighted by atomic mass is 16.5. The first-order valence-electron chi connectivity index (χ1n) is 35.3. The second-order valence-electron chi connectivity index (χ2n) is 28.0. The number of aromatic nitrogens is 5. The van der Waals surface area contributed by atoms with Crippen molar-refractivity contribution < 1.29 is 38.0 Å². The fourth-order valence-electron chi connectivity index (χ4n) is 11.8. The summed E-state index contributed by atoms with van der Waals surface area (Å²) in [5.74, 6) is 2.56. The van der Waals surface area contributed by atoms with Gasteiger partial charge in [-0.3, -0.25) is 4.98 Å². The molecule has 0 N–H and O–H groups in total. The van der Waals surface area contributed by atoms with Crippen molar-refractivity contribution in [2.45, 2.75) is 169 Å². The van der Waals surface area contributed by atoms with Gasteiger partial charge in [0.05, 0.1) is 61.4 Å². The van der Waals surface area contributed by atoms with E-state index < -0.39 is 12.0 Å². The van der Waals surface area contributed by atoms with Gasteiger partial charge in [0.2, 0.25) is 0 Å². The van der Waals surface area contributed by atoms with Gasteiger partial charge in [-0.15, -0.1) is 5.10 Å². The Labute approximate surface area is 586 Å². The first kappa shape index (κ1) is 71.9. The second-order valence-corrected chi connectivity index (χ2v) is 28.0. The molecule has 7 aromatic carbocycles. The summed E-state index contributed by atoms with van der Waals surface area (Å²) >= 11 is 0. The largest absolute Gasteiger partial charge is 0.494 e. The van der Waals surface area contributed by atoms with Gasteiger partial charge in [-0.2, -0.15) is 0 Å². The molecule has 10 aromatic rings. The predicted molar refractivity (Wildman–Crippen MR) is 396 cm³/mol. The summed E-state index contributed by atoms with van der Waals surface area (Å²) in [4.78, 5) is 36.6. The molecule has 1 atom stereocenters. The molecule has 0 aliphatic carbocycles. The maximum Gasteiger partial charge on any atom is 0.338 e. The molecule has 8 bridgehead atoms. The Hall–Kier alpha value is -9.88. The molecule has 4 aliphatic rings. The highest BCUT2D eigenvalue weighted by Gasteiger charge is 2.27. The minimum absolute atomic E-state index is 0.0184. The molecule has 0 spiro atoms. The number of carbonyl (C=O) groups excluding carboxylic acids is 2. The zero-order valence-electron chi connectivity index (χ0n) is 59.3. The van der Waals surface area contributed by atoms with Crippen molar-refractivity contribution in [3.05, 3.63) is 251 Å². The SMILES string of the molecule is Cc1cc(COC(=O)c2cc(OCCCCOc3cc(C(C)(C)C)cc(C(C)(C)C)c3)cc(-c3ccccc3)c2)ccc1-c1cn([C@@H](Cc2ccccc2)C(=O)OC(C)C)nn1.c1cc2nc(c1)-c1cccc(n1)-c1ccc(cc1)OCCCCCCCCOc1ccc(cc1)CCC2. The third-order valence-corrected chi connectivity index (χ3v) is 17.5. The molecule has 13 heteroatoms. The van der Waals surface area contributed by atoms with Crippen LogP contribution in [0.1, 0.15) is 169 Å². The quantitative estimate of drug-likeness (QED) is 0.0632.